The van der Waals surface area contributed by atoms with E-state index in [0.717, 1.165) is 18.4 Å². The average molecular weight is 497 g/mol. The van der Waals surface area contributed by atoms with Gasteiger partial charge in [0.25, 0.3) is 11.8 Å². The molecule has 0 radical (unpaired) electrons. The molecular formula is C30H28N2O5. The van der Waals surface area contributed by atoms with Gasteiger partial charge in [0, 0.05) is 16.5 Å². The number of carbonyl (C=O) groups is 2. The highest BCUT2D eigenvalue weighted by Crippen LogP contribution is 2.34. The molecule has 0 fully saturated rings. The Bertz CT molecular complexity index is 1610. The van der Waals surface area contributed by atoms with Crippen LogP contribution in [0.2, 0.25) is 0 Å². The Labute approximate surface area is 214 Å². The quantitative estimate of drug-likeness (QED) is 0.217. The number of anilines is 2. The van der Waals surface area contributed by atoms with Crippen molar-refractivity contribution >= 4 is 45.1 Å². The van der Waals surface area contributed by atoms with E-state index in [1.54, 1.807) is 31.2 Å². The third-order valence-electron chi connectivity index (χ3n) is 6.15. The van der Waals surface area contributed by atoms with Crippen molar-refractivity contribution in [2.45, 2.75) is 33.6 Å². The third kappa shape index (κ3) is 4.93. The van der Waals surface area contributed by atoms with Gasteiger partial charge in [-0.05, 0) is 68.3 Å². The number of fused-ring (bicyclic) bond motifs is 2. The molecule has 0 aliphatic carbocycles. The summed E-state index contributed by atoms with van der Waals surface area (Å²) in [5.74, 6) is 0.292. The lowest BCUT2D eigenvalue weighted by Crippen LogP contribution is -2.17. The zero-order valence-corrected chi connectivity index (χ0v) is 21.0. The molecule has 5 rings (SSSR count). The van der Waals surface area contributed by atoms with Crippen LogP contribution in [0, 0.1) is 13.8 Å². The Kier molecular flexibility index (Phi) is 6.68. The van der Waals surface area contributed by atoms with E-state index in [1.807, 2.05) is 49.4 Å². The van der Waals surface area contributed by atoms with Crippen molar-refractivity contribution in [3.63, 3.8) is 0 Å². The average Bonchev–Trinajstić information content (AvgIpc) is 3.41. The second kappa shape index (κ2) is 10.2. The van der Waals surface area contributed by atoms with Crippen molar-refractivity contribution in [2.75, 3.05) is 17.2 Å². The number of para-hydroxylation sites is 1. The van der Waals surface area contributed by atoms with E-state index in [2.05, 4.69) is 17.6 Å². The molecule has 0 bridgehead atoms. The first-order valence-corrected chi connectivity index (χ1v) is 12.3. The van der Waals surface area contributed by atoms with Gasteiger partial charge >= 0.3 is 0 Å². The van der Waals surface area contributed by atoms with Gasteiger partial charge in [-0.25, -0.2) is 0 Å². The van der Waals surface area contributed by atoms with Crippen molar-refractivity contribution in [1.82, 2.24) is 0 Å². The van der Waals surface area contributed by atoms with Crippen molar-refractivity contribution < 1.29 is 23.2 Å². The van der Waals surface area contributed by atoms with Crippen LogP contribution in [0.1, 0.15) is 52.0 Å². The summed E-state index contributed by atoms with van der Waals surface area (Å²) in [7, 11) is 0. The Morgan fingerprint density at radius 1 is 0.838 bits per heavy atom. The van der Waals surface area contributed by atoms with E-state index in [1.165, 1.54) is 0 Å². The molecule has 0 aliphatic heterocycles. The van der Waals surface area contributed by atoms with E-state index in [0.29, 0.717) is 57.0 Å². The number of rotatable bonds is 8. The van der Waals surface area contributed by atoms with Gasteiger partial charge in [-0.2, -0.15) is 0 Å². The minimum Gasteiger partial charge on any atom is -0.494 e. The summed E-state index contributed by atoms with van der Waals surface area (Å²) in [6.45, 7) is 6.38. The molecule has 2 aromatic heterocycles. The first-order valence-electron chi connectivity index (χ1n) is 12.3. The number of nitrogens with one attached hydrogen (secondary N) is 2. The van der Waals surface area contributed by atoms with Crippen LogP contribution >= 0.6 is 0 Å². The van der Waals surface area contributed by atoms with Crippen LogP contribution in [0.5, 0.6) is 5.75 Å². The summed E-state index contributed by atoms with van der Waals surface area (Å²) in [6, 6.07) is 20.1. The highest BCUT2D eigenvalue weighted by molar-refractivity contribution is 6.19. The standard InChI is InChI=1S/C30H28N2O5/c1-4-5-15-35-21-13-14-25-23(17-21)26(19(3)36-25)29(33)32-27-22-11-6-7-12-24(22)37-28(27)30(34)31-20-10-8-9-18(2)16-20/h6-14,16-17H,4-5,15H2,1-3H3,(H,31,34)(H,32,33). The van der Waals surface area contributed by atoms with E-state index >= 15 is 0 Å². The summed E-state index contributed by atoms with van der Waals surface area (Å²) < 4.78 is 17.6. The molecule has 0 aliphatic rings. The zero-order valence-electron chi connectivity index (χ0n) is 21.0. The highest BCUT2D eigenvalue weighted by Gasteiger charge is 2.26. The third-order valence-corrected chi connectivity index (χ3v) is 6.15. The smallest absolute Gasteiger partial charge is 0.293 e. The summed E-state index contributed by atoms with van der Waals surface area (Å²) in [4.78, 5) is 26.9. The van der Waals surface area contributed by atoms with Crippen LogP contribution in [-0.4, -0.2) is 18.4 Å². The Balaban J connectivity index is 1.50. The predicted molar refractivity (Wildman–Crippen MR) is 145 cm³/mol. The maximum Gasteiger partial charge on any atom is 0.293 e. The molecule has 0 atom stereocenters. The van der Waals surface area contributed by atoms with Crippen molar-refractivity contribution in [2.24, 2.45) is 0 Å². The van der Waals surface area contributed by atoms with Gasteiger partial charge in [-0.15, -0.1) is 0 Å². The number of unbranched alkanes of at least 4 members (excludes halogenated alkanes) is 1. The fraction of sp³-hybridized carbons (Fsp3) is 0.200. The highest BCUT2D eigenvalue weighted by atomic mass is 16.5. The van der Waals surface area contributed by atoms with Gasteiger partial charge in [0.1, 0.15) is 28.4 Å². The second-order valence-electron chi connectivity index (χ2n) is 8.97. The number of carbonyl (C=O) groups excluding carboxylic acids is 2. The topological polar surface area (TPSA) is 93.7 Å². The SMILES string of the molecule is CCCCOc1ccc2oc(C)c(C(=O)Nc3c(C(=O)Nc4cccc(C)c4)oc4ccccc34)c2c1. The number of benzene rings is 3. The minimum absolute atomic E-state index is 0.0186. The molecule has 0 unspecified atom stereocenters. The lowest BCUT2D eigenvalue weighted by Gasteiger charge is -2.08. The van der Waals surface area contributed by atoms with Crippen LogP contribution in [0.15, 0.2) is 75.6 Å². The van der Waals surface area contributed by atoms with Crippen molar-refractivity contribution in [1.29, 1.82) is 0 Å². The molecule has 188 valence electrons. The van der Waals surface area contributed by atoms with Gasteiger partial charge in [0.05, 0.1) is 12.2 Å². The van der Waals surface area contributed by atoms with E-state index in [-0.39, 0.29) is 5.76 Å². The zero-order chi connectivity index (χ0) is 25.9. The number of ether oxygens (including phenoxy) is 1. The number of amides is 2. The predicted octanol–water partition coefficient (Wildman–Crippen LogP) is 7.48. The number of aryl methyl sites for hydroxylation is 2. The molecule has 5 aromatic rings. The van der Waals surface area contributed by atoms with Gasteiger partial charge in [0.2, 0.25) is 5.76 Å². The van der Waals surface area contributed by atoms with Crippen molar-refractivity contribution in [3.8, 4) is 5.75 Å². The fourth-order valence-electron chi connectivity index (χ4n) is 4.32. The monoisotopic (exact) mass is 496 g/mol. The number of hydrogen-bond donors (Lipinski definition) is 2. The normalized spacial score (nSPS) is 11.1. The molecule has 3 aromatic carbocycles. The molecule has 0 saturated carbocycles. The largest absolute Gasteiger partial charge is 0.494 e. The van der Waals surface area contributed by atoms with Crippen molar-refractivity contribution in [3.05, 3.63) is 89.4 Å². The first-order chi connectivity index (χ1) is 17.9. The van der Waals surface area contributed by atoms with Crippen LogP contribution in [0.3, 0.4) is 0 Å². The number of furan rings is 2. The Morgan fingerprint density at radius 3 is 2.46 bits per heavy atom. The Hall–Kier alpha value is -4.52. The molecular weight excluding hydrogens is 468 g/mol. The van der Waals surface area contributed by atoms with E-state index < -0.39 is 11.8 Å². The molecule has 0 spiro atoms. The molecule has 2 N–H and O–H groups in total. The maximum absolute atomic E-state index is 13.6. The second-order valence-corrected chi connectivity index (χ2v) is 8.97. The van der Waals surface area contributed by atoms with Gasteiger partial charge < -0.3 is 24.2 Å². The number of hydrogen-bond acceptors (Lipinski definition) is 5. The van der Waals surface area contributed by atoms with Crippen LogP contribution in [0.25, 0.3) is 21.9 Å². The van der Waals surface area contributed by atoms with E-state index in [4.69, 9.17) is 13.6 Å². The Morgan fingerprint density at radius 2 is 1.65 bits per heavy atom. The summed E-state index contributed by atoms with van der Waals surface area (Å²) in [5, 5.41) is 7.05. The lowest BCUT2D eigenvalue weighted by atomic mass is 10.1. The summed E-state index contributed by atoms with van der Waals surface area (Å²) >= 11 is 0. The fourth-order valence-corrected chi connectivity index (χ4v) is 4.32. The summed E-state index contributed by atoms with van der Waals surface area (Å²) in [6.07, 6.45) is 1.97. The van der Waals surface area contributed by atoms with E-state index in [9.17, 15) is 9.59 Å². The van der Waals surface area contributed by atoms with Gasteiger partial charge in [0.15, 0.2) is 0 Å². The molecule has 7 heteroatoms. The molecule has 0 saturated heterocycles. The minimum atomic E-state index is -0.461. The molecule has 7 nitrogen and oxygen atoms in total. The van der Waals surface area contributed by atoms with Crippen LogP contribution in [-0.2, 0) is 0 Å². The first kappa shape index (κ1) is 24.2. The summed E-state index contributed by atoms with van der Waals surface area (Å²) in [5.41, 5.74) is 3.40. The maximum atomic E-state index is 13.6. The molecule has 2 amide bonds. The molecule has 2 heterocycles. The van der Waals surface area contributed by atoms with Gasteiger partial charge in [-0.3, -0.25) is 9.59 Å². The van der Waals surface area contributed by atoms with Gasteiger partial charge in [-0.1, -0.05) is 37.6 Å². The lowest BCUT2D eigenvalue weighted by molar-refractivity contribution is 0.0999. The van der Waals surface area contributed by atoms with Crippen LogP contribution < -0.4 is 15.4 Å². The molecule has 37 heavy (non-hydrogen) atoms. The van der Waals surface area contributed by atoms with Crippen LogP contribution in [0.4, 0.5) is 11.4 Å².